The van der Waals surface area contributed by atoms with Crippen molar-refractivity contribution in [3.63, 3.8) is 0 Å². The molecule has 1 aromatic carbocycles. The molecule has 0 bridgehead atoms. The number of aromatic amines is 1. The van der Waals surface area contributed by atoms with Crippen molar-refractivity contribution >= 4 is 39.7 Å². The molecule has 8 heteroatoms. The second-order valence-corrected chi connectivity index (χ2v) is 6.44. The van der Waals surface area contributed by atoms with E-state index < -0.39 is 5.97 Å². The number of rotatable bonds is 4. The molecule has 0 saturated heterocycles. The number of esters is 1. The van der Waals surface area contributed by atoms with Crippen molar-refractivity contribution in [2.45, 2.75) is 6.92 Å². The molecule has 0 saturated carbocycles. The molecule has 2 N–H and O–H groups in total. The minimum absolute atomic E-state index is 0.0168. The normalized spacial score (nSPS) is 11.2. The summed E-state index contributed by atoms with van der Waals surface area (Å²) in [5.41, 5.74) is 0.945. The number of hydrogen-bond acceptors (Lipinski definition) is 7. The van der Waals surface area contributed by atoms with Crippen molar-refractivity contribution in [1.82, 2.24) is 9.97 Å². The van der Waals surface area contributed by atoms with Crippen molar-refractivity contribution in [2.24, 2.45) is 0 Å². The van der Waals surface area contributed by atoms with Gasteiger partial charge in [-0.05, 0) is 36.3 Å². The largest absolute Gasteiger partial charge is 0.504 e. The number of ether oxygens (including phenoxy) is 2. The van der Waals surface area contributed by atoms with E-state index in [0.717, 1.165) is 11.3 Å². The van der Waals surface area contributed by atoms with Gasteiger partial charge in [0.05, 0.1) is 19.6 Å². The topological polar surface area (TPSA) is 102 Å². The molecule has 0 amide bonds. The molecular weight excluding hydrogens is 356 g/mol. The molecule has 2 aromatic heterocycles. The summed E-state index contributed by atoms with van der Waals surface area (Å²) in [6.45, 7) is 1.69. The molecule has 26 heavy (non-hydrogen) atoms. The van der Waals surface area contributed by atoms with E-state index in [1.807, 2.05) is 0 Å². The molecule has 7 nitrogen and oxygen atoms in total. The summed E-state index contributed by atoms with van der Waals surface area (Å²) in [5, 5.41) is 10.2. The Morgan fingerprint density at radius 1 is 1.31 bits per heavy atom. The zero-order valence-corrected chi connectivity index (χ0v) is 15.1. The highest BCUT2D eigenvalue weighted by Crippen LogP contribution is 2.28. The molecule has 0 radical (unpaired) electrons. The lowest BCUT2D eigenvalue weighted by molar-refractivity contribution is 0.0605. The van der Waals surface area contributed by atoms with E-state index in [0.29, 0.717) is 37.8 Å². The smallest absolute Gasteiger partial charge is 0.348 e. The number of fused-ring (bicyclic) bond motifs is 1. The summed E-state index contributed by atoms with van der Waals surface area (Å²) in [4.78, 5) is 32.1. The highest BCUT2D eigenvalue weighted by Gasteiger charge is 2.19. The van der Waals surface area contributed by atoms with E-state index in [-0.39, 0.29) is 11.3 Å². The average molecular weight is 372 g/mol. The quantitative estimate of drug-likeness (QED) is 0.683. The minimum atomic E-state index is -0.490. The lowest BCUT2D eigenvalue weighted by atomic mass is 10.2. The monoisotopic (exact) mass is 372 g/mol. The van der Waals surface area contributed by atoms with Gasteiger partial charge in [0.15, 0.2) is 11.5 Å². The van der Waals surface area contributed by atoms with Gasteiger partial charge in [-0.3, -0.25) is 4.79 Å². The summed E-state index contributed by atoms with van der Waals surface area (Å²) in [5.74, 6) is 0.244. The predicted octanol–water partition coefficient (Wildman–Crippen LogP) is 2.96. The third-order valence-electron chi connectivity index (χ3n) is 3.83. The van der Waals surface area contributed by atoms with Crippen molar-refractivity contribution in [3.05, 3.63) is 50.4 Å². The Morgan fingerprint density at radius 3 is 2.73 bits per heavy atom. The molecule has 2 heterocycles. The van der Waals surface area contributed by atoms with E-state index in [4.69, 9.17) is 9.47 Å². The number of aromatic nitrogens is 2. The summed E-state index contributed by atoms with van der Waals surface area (Å²) < 4.78 is 9.73. The molecule has 134 valence electrons. The zero-order chi connectivity index (χ0) is 18.8. The van der Waals surface area contributed by atoms with Gasteiger partial charge in [-0.2, -0.15) is 0 Å². The van der Waals surface area contributed by atoms with Gasteiger partial charge < -0.3 is 19.6 Å². The van der Waals surface area contributed by atoms with Crippen LogP contribution in [0.5, 0.6) is 11.5 Å². The standard InChI is InChI=1S/C18H16N2O5S/c1-9-14-16(22)19-13(20-17(14)26-15(9)18(23)25-3)7-5-10-4-6-12(24-2)11(21)8-10/h4-8,21H,1-3H3,(H,19,20,22)/b7-5+. The minimum Gasteiger partial charge on any atom is -0.504 e. The van der Waals surface area contributed by atoms with Crippen LogP contribution in [0.2, 0.25) is 0 Å². The van der Waals surface area contributed by atoms with Gasteiger partial charge in [-0.25, -0.2) is 9.78 Å². The average Bonchev–Trinajstić information content (AvgIpc) is 2.96. The van der Waals surface area contributed by atoms with Crippen molar-refractivity contribution in [1.29, 1.82) is 0 Å². The van der Waals surface area contributed by atoms with Crippen LogP contribution in [0, 0.1) is 6.92 Å². The van der Waals surface area contributed by atoms with Crippen LogP contribution in [-0.4, -0.2) is 35.3 Å². The number of phenols is 1. The number of carbonyl (C=O) groups excluding carboxylic acids is 1. The number of nitrogens with one attached hydrogen (secondary N) is 1. The van der Waals surface area contributed by atoms with E-state index >= 15 is 0 Å². The molecule has 0 fully saturated rings. The fourth-order valence-electron chi connectivity index (χ4n) is 2.51. The molecule has 0 atom stereocenters. The van der Waals surface area contributed by atoms with Crippen LogP contribution < -0.4 is 10.3 Å². The lowest BCUT2D eigenvalue weighted by Gasteiger charge is -2.03. The Labute approximate surface area is 152 Å². The van der Waals surface area contributed by atoms with Crippen LogP contribution in [0.4, 0.5) is 0 Å². The summed E-state index contributed by atoms with van der Waals surface area (Å²) in [6.07, 6.45) is 3.32. The molecule has 0 aliphatic rings. The maximum atomic E-state index is 12.4. The summed E-state index contributed by atoms with van der Waals surface area (Å²) in [7, 11) is 2.77. The Hall–Kier alpha value is -3.13. The Balaban J connectivity index is 2.00. The predicted molar refractivity (Wildman–Crippen MR) is 99.9 cm³/mol. The van der Waals surface area contributed by atoms with Crippen LogP contribution in [-0.2, 0) is 4.74 Å². The Morgan fingerprint density at radius 2 is 2.08 bits per heavy atom. The number of benzene rings is 1. The van der Waals surface area contributed by atoms with Gasteiger partial charge in [0.1, 0.15) is 15.5 Å². The van der Waals surface area contributed by atoms with Crippen LogP contribution in [0.1, 0.15) is 26.6 Å². The van der Waals surface area contributed by atoms with Gasteiger partial charge in [0.25, 0.3) is 5.56 Å². The third kappa shape index (κ3) is 3.18. The van der Waals surface area contributed by atoms with Crippen LogP contribution >= 0.6 is 11.3 Å². The second kappa shape index (κ2) is 7.01. The number of aromatic hydroxyl groups is 1. The maximum absolute atomic E-state index is 12.4. The zero-order valence-electron chi connectivity index (χ0n) is 14.3. The first-order valence-corrected chi connectivity index (χ1v) is 8.43. The van der Waals surface area contributed by atoms with Crippen molar-refractivity contribution in [2.75, 3.05) is 14.2 Å². The summed E-state index contributed by atoms with van der Waals surface area (Å²) in [6, 6.07) is 4.94. The fourth-order valence-corrected chi connectivity index (χ4v) is 3.62. The number of nitrogens with zero attached hydrogens (tertiary/aromatic N) is 1. The van der Waals surface area contributed by atoms with Crippen molar-refractivity contribution < 1.29 is 19.4 Å². The third-order valence-corrected chi connectivity index (χ3v) is 4.99. The molecule has 3 rings (SSSR count). The summed E-state index contributed by atoms with van der Waals surface area (Å²) >= 11 is 1.12. The first kappa shape index (κ1) is 17.7. The second-order valence-electron chi connectivity index (χ2n) is 5.44. The van der Waals surface area contributed by atoms with Gasteiger partial charge in [-0.1, -0.05) is 12.1 Å². The molecular formula is C18H16N2O5S. The number of H-pyrrole nitrogens is 1. The lowest BCUT2D eigenvalue weighted by Crippen LogP contribution is -2.09. The Kier molecular flexibility index (Phi) is 4.77. The fraction of sp³-hybridized carbons (Fsp3) is 0.167. The van der Waals surface area contributed by atoms with E-state index in [9.17, 15) is 14.7 Å². The molecule has 3 aromatic rings. The maximum Gasteiger partial charge on any atom is 0.348 e. The number of hydrogen-bond donors (Lipinski definition) is 2. The van der Waals surface area contributed by atoms with Crippen molar-refractivity contribution in [3.8, 4) is 11.5 Å². The van der Waals surface area contributed by atoms with Crippen LogP contribution in [0.3, 0.4) is 0 Å². The molecule has 0 unspecified atom stereocenters. The number of aryl methyl sites for hydroxylation is 1. The highest BCUT2D eigenvalue weighted by atomic mass is 32.1. The molecule has 0 aliphatic carbocycles. The van der Waals surface area contributed by atoms with E-state index in [1.165, 1.54) is 20.3 Å². The van der Waals surface area contributed by atoms with Gasteiger partial charge in [0, 0.05) is 0 Å². The van der Waals surface area contributed by atoms with E-state index in [2.05, 4.69) is 9.97 Å². The van der Waals surface area contributed by atoms with Gasteiger partial charge in [-0.15, -0.1) is 11.3 Å². The first-order chi connectivity index (χ1) is 12.4. The van der Waals surface area contributed by atoms with Gasteiger partial charge >= 0.3 is 5.97 Å². The first-order valence-electron chi connectivity index (χ1n) is 7.61. The number of methoxy groups -OCH3 is 2. The number of thiophene rings is 1. The van der Waals surface area contributed by atoms with Gasteiger partial charge in [0.2, 0.25) is 0 Å². The van der Waals surface area contributed by atoms with E-state index in [1.54, 1.807) is 31.2 Å². The number of phenolic OH excluding ortho intramolecular Hbond substituents is 1. The Bertz CT molecular complexity index is 1080. The van der Waals surface area contributed by atoms with Crippen LogP contribution in [0.15, 0.2) is 23.0 Å². The molecule has 0 aliphatic heterocycles. The number of carbonyl (C=O) groups is 1. The van der Waals surface area contributed by atoms with Crippen LogP contribution in [0.25, 0.3) is 22.4 Å². The highest BCUT2D eigenvalue weighted by molar-refractivity contribution is 7.20. The SMILES string of the molecule is COC(=O)c1sc2nc(/C=C/c3ccc(OC)c(O)c3)[nH]c(=O)c2c1C. The molecule has 0 spiro atoms.